The van der Waals surface area contributed by atoms with Crippen LogP contribution in [0, 0.1) is 5.82 Å². The molecule has 0 aliphatic carbocycles. The number of hydrogen-bond donors (Lipinski definition) is 1. The first-order chi connectivity index (χ1) is 8.08. The number of nitrogens with two attached hydrogens (primary N) is 1. The molecule has 2 nitrogen and oxygen atoms in total. The molecule has 0 radical (unpaired) electrons. The van der Waals surface area contributed by atoms with E-state index in [2.05, 4.69) is 20.9 Å². The lowest BCUT2D eigenvalue weighted by molar-refractivity contribution is 0.623. The van der Waals surface area contributed by atoms with Crippen molar-refractivity contribution < 1.29 is 4.39 Å². The SMILES string of the molecule is NC(c1cncc(Br)c1)c1cc(F)ccc1Cl. The minimum Gasteiger partial charge on any atom is -0.320 e. The third kappa shape index (κ3) is 2.83. The summed E-state index contributed by atoms with van der Waals surface area (Å²) in [7, 11) is 0. The van der Waals surface area contributed by atoms with Gasteiger partial charge in [-0.05, 0) is 51.3 Å². The summed E-state index contributed by atoms with van der Waals surface area (Å²) in [6.45, 7) is 0. The molecule has 0 bridgehead atoms. The Kier molecular flexibility index (Phi) is 3.76. The smallest absolute Gasteiger partial charge is 0.123 e. The first-order valence-corrected chi connectivity index (χ1v) is 6.06. The van der Waals surface area contributed by atoms with E-state index in [0.717, 1.165) is 10.0 Å². The lowest BCUT2D eigenvalue weighted by atomic mass is 10.0. The average Bonchev–Trinajstić information content (AvgIpc) is 2.31. The summed E-state index contributed by atoms with van der Waals surface area (Å²) >= 11 is 9.31. The fourth-order valence-corrected chi connectivity index (χ4v) is 2.15. The van der Waals surface area contributed by atoms with Crippen LogP contribution >= 0.6 is 27.5 Å². The molecule has 0 aliphatic heterocycles. The van der Waals surface area contributed by atoms with E-state index >= 15 is 0 Å². The Morgan fingerprint density at radius 3 is 2.76 bits per heavy atom. The molecule has 0 spiro atoms. The van der Waals surface area contributed by atoms with Gasteiger partial charge in [-0.3, -0.25) is 4.98 Å². The van der Waals surface area contributed by atoms with Crippen LogP contribution in [-0.2, 0) is 0 Å². The minimum absolute atomic E-state index is 0.359. The first-order valence-electron chi connectivity index (χ1n) is 4.89. The lowest BCUT2D eigenvalue weighted by Gasteiger charge is -2.14. The monoisotopic (exact) mass is 314 g/mol. The molecule has 1 aromatic carbocycles. The van der Waals surface area contributed by atoms with Gasteiger partial charge >= 0.3 is 0 Å². The normalized spacial score (nSPS) is 12.5. The first kappa shape index (κ1) is 12.5. The molecule has 1 unspecified atom stereocenters. The topological polar surface area (TPSA) is 38.9 Å². The maximum Gasteiger partial charge on any atom is 0.123 e. The highest BCUT2D eigenvalue weighted by Gasteiger charge is 2.14. The van der Waals surface area contributed by atoms with Gasteiger partial charge in [0.2, 0.25) is 0 Å². The Morgan fingerprint density at radius 1 is 1.29 bits per heavy atom. The van der Waals surface area contributed by atoms with Crippen LogP contribution in [-0.4, -0.2) is 4.98 Å². The third-order valence-electron chi connectivity index (χ3n) is 2.38. The van der Waals surface area contributed by atoms with Crippen LogP contribution in [0.25, 0.3) is 0 Å². The van der Waals surface area contributed by atoms with Crippen LogP contribution in [0.4, 0.5) is 4.39 Å². The van der Waals surface area contributed by atoms with Crippen molar-refractivity contribution in [3.63, 3.8) is 0 Å². The second-order valence-corrected chi connectivity index (χ2v) is 4.90. The zero-order chi connectivity index (χ0) is 12.4. The highest BCUT2D eigenvalue weighted by molar-refractivity contribution is 9.10. The van der Waals surface area contributed by atoms with E-state index < -0.39 is 6.04 Å². The van der Waals surface area contributed by atoms with Crippen molar-refractivity contribution in [2.45, 2.75) is 6.04 Å². The number of halogens is 3. The van der Waals surface area contributed by atoms with Gasteiger partial charge in [-0.1, -0.05) is 11.6 Å². The van der Waals surface area contributed by atoms with Gasteiger partial charge in [-0.25, -0.2) is 4.39 Å². The van der Waals surface area contributed by atoms with Gasteiger partial charge in [-0.15, -0.1) is 0 Å². The van der Waals surface area contributed by atoms with Crippen molar-refractivity contribution in [3.8, 4) is 0 Å². The predicted octanol–water partition coefficient (Wildman–Crippen LogP) is 3.68. The highest BCUT2D eigenvalue weighted by Crippen LogP contribution is 2.27. The van der Waals surface area contributed by atoms with Crippen molar-refractivity contribution in [1.29, 1.82) is 0 Å². The molecule has 1 atom stereocenters. The Hall–Kier alpha value is -0.970. The quantitative estimate of drug-likeness (QED) is 0.918. The Bertz CT molecular complexity index is 548. The molecule has 0 amide bonds. The predicted molar refractivity (Wildman–Crippen MR) is 69.4 cm³/mol. The van der Waals surface area contributed by atoms with Crippen LogP contribution < -0.4 is 5.73 Å². The zero-order valence-electron chi connectivity index (χ0n) is 8.70. The fraction of sp³-hybridized carbons (Fsp3) is 0.0833. The summed E-state index contributed by atoms with van der Waals surface area (Å²) < 4.78 is 14.0. The minimum atomic E-state index is -0.497. The van der Waals surface area contributed by atoms with E-state index in [0.29, 0.717) is 10.6 Å². The summed E-state index contributed by atoms with van der Waals surface area (Å²) in [5.41, 5.74) is 7.36. The number of aromatic nitrogens is 1. The molecule has 2 rings (SSSR count). The largest absolute Gasteiger partial charge is 0.320 e. The van der Waals surface area contributed by atoms with Crippen molar-refractivity contribution in [2.24, 2.45) is 5.73 Å². The van der Waals surface area contributed by atoms with Crippen molar-refractivity contribution in [3.05, 3.63) is 63.1 Å². The van der Waals surface area contributed by atoms with Gasteiger partial charge in [0.25, 0.3) is 0 Å². The van der Waals surface area contributed by atoms with Gasteiger partial charge < -0.3 is 5.73 Å². The molecule has 0 saturated heterocycles. The van der Waals surface area contributed by atoms with Crippen LogP contribution in [0.1, 0.15) is 17.2 Å². The molecule has 88 valence electrons. The van der Waals surface area contributed by atoms with E-state index in [-0.39, 0.29) is 5.82 Å². The second kappa shape index (κ2) is 5.12. The van der Waals surface area contributed by atoms with Crippen LogP contribution in [0.3, 0.4) is 0 Å². The molecule has 5 heteroatoms. The van der Waals surface area contributed by atoms with Gasteiger partial charge in [-0.2, -0.15) is 0 Å². The molecule has 0 saturated carbocycles. The summed E-state index contributed by atoms with van der Waals surface area (Å²) in [6, 6.07) is 5.48. The summed E-state index contributed by atoms with van der Waals surface area (Å²) in [5, 5.41) is 0.443. The van der Waals surface area contributed by atoms with Gasteiger partial charge in [0, 0.05) is 21.9 Å². The van der Waals surface area contributed by atoms with Crippen molar-refractivity contribution >= 4 is 27.5 Å². The average molecular weight is 316 g/mol. The highest BCUT2D eigenvalue weighted by atomic mass is 79.9. The van der Waals surface area contributed by atoms with Crippen LogP contribution in [0.15, 0.2) is 41.1 Å². The van der Waals surface area contributed by atoms with Crippen molar-refractivity contribution in [1.82, 2.24) is 4.98 Å². The van der Waals surface area contributed by atoms with E-state index in [1.165, 1.54) is 18.2 Å². The fourth-order valence-electron chi connectivity index (χ4n) is 1.53. The number of benzene rings is 1. The Morgan fingerprint density at radius 2 is 2.06 bits per heavy atom. The second-order valence-electron chi connectivity index (χ2n) is 3.58. The Balaban J connectivity index is 2.43. The summed E-state index contributed by atoms with van der Waals surface area (Å²) in [5.74, 6) is -0.359. The summed E-state index contributed by atoms with van der Waals surface area (Å²) in [4.78, 5) is 4.02. The van der Waals surface area contributed by atoms with Crippen LogP contribution in [0.2, 0.25) is 5.02 Å². The van der Waals surface area contributed by atoms with E-state index in [4.69, 9.17) is 17.3 Å². The van der Waals surface area contributed by atoms with Crippen LogP contribution in [0.5, 0.6) is 0 Å². The van der Waals surface area contributed by atoms with E-state index in [1.54, 1.807) is 12.4 Å². The standard InChI is InChI=1S/C12H9BrClFN2/c13-8-3-7(5-17-6-8)12(16)10-4-9(15)1-2-11(10)14/h1-6,12H,16H2. The zero-order valence-corrected chi connectivity index (χ0v) is 11.0. The van der Waals surface area contributed by atoms with E-state index in [1.807, 2.05) is 6.07 Å². The third-order valence-corrected chi connectivity index (χ3v) is 3.16. The maximum atomic E-state index is 13.2. The Labute approximate surface area is 112 Å². The van der Waals surface area contributed by atoms with Gasteiger partial charge in [0.1, 0.15) is 5.82 Å². The maximum absolute atomic E-state index is 13.2. The molecular formula is C12H9BrClFN2. The molecule has 17 heavy (non-hydrogen) atoms. The molecule has 1 heterocycles. The lowest BCUT2D eigenvalue weighted by Crippen LogP contribution is -2.13. The number of hydrogen-bond acceptors (Lipinski definition) is 2. The molecule has 1 aromatic heterocycles. The summed E-state index contributed by atoms with van der Waals surface area (Å²) in [6.07, 6.45) is 3.29. The van der Waals surface area contributed by atoms with Gasteiger partial charge in [0.15, 0.2) is 0 Å². The van der Waals surface area contributed by atoms with E-state index in [9.17, 15) is 4.39 Å². The number of nitrogens with zero attached hydrogens (tertiary/aromatic N) is 1. The molecule has 2 N–H and O–H groups in total. The van der Waals surface area contributed by atoms with Gasteiger partial charge in [0.05, 0.1) is 6.04 Å². The number of rotatable bonds is 2. The van der Waals surface area contributed by atoms with Crippen molar-refractivity contribution in [2.75, 3.05) is 0 Å². The molecular weight excluding hydrogens is 307 g/mol. The molecule has 2 aromatic rings. The molecule has 0 aliphatic rings. The number of pyridine rings is 1. The molecule has 0 fully saturated rings.